The van der Waals surface area contributed by atoms with Crippen LogP contribution in [0.25, 0.3) is 0 Å². The van der Waals surface area contributed by atoms with Crippen molar-refractivity contribution in [2.24, 2.45) is 12.0 Å². The Morgan fingerprint density at radius 3 is 2.80 bits per heavy atom. The maximum Gasteiger partial charge on any atom is 0.194 e. The lowest BCUT2D eigenvalue weighted by Gasteiger charge is -2.30. The normalized spacial score (nSPS) is 18.8. The van der Waals surface area contributed by atoms with E-state index in [1.807, 2.05) is 18.5 Å². The average molecular weight is 350 g/mol. The van der Waals surface area contributed by atoms with Crippen molar-refractivity contribution < 1.29 is 0 Å². The summed E-state index contributed by atoms with van der Waals surface area (Å²) in [5.41, 5.74) is 0. The Bertz CT molecular complexity index is 552. The van der Waals surface area contributed by atoms with Crippen LogP contribution in [0.15, 0.2) is 4.99 Å². The fraction of sp³-hybridized carbons (Fsp3) is 0.833. The molecule has 0 bridgehead atoms. The summed E-state index contributed by atoms with van der Waals surface area (Å²) >= 11 is 0. The third-order valence-corrected chi connectivity index (χ3v) is 5.12. The number of aromatic nitrogens is 3. The molecule has 0 saturated carbocycles. The Morgan fingerprint density at radius 1 is 1.36 bits per heavy atom. The summed E-state index contributed by atoms with van der Waals surface area (Å²) in [4.78, 5) is 9.67. The molecule has 1 aliphatic heterocycles. The number of nitrogens with one attached hydrogen (secondary N) is 1. The minimum atomic E-state index is 0.554. The molecule has 0 aliphatic carbocycles. The molecular weight excluding hydrogens is 314 g/mol. The summed E-state index contributed by atoms with van der Waals surface area (Å²) in [7, 11) is 4.14. The number of likely N-dealkylation sites (tertiary alicyclic amines) is 1. The Morgan fingerprint density at radius 2 is 2.16 bits per heavy atom. The number of likely N-dealkylation sites (N-methyl/N-ethyl adjacent to an activating group) is 2. The van der Waals surface area contributed by atoms with Crippen LogP contribution >= 0.6 is 0 Å². The first-order chi connectivity index (χ1) is 12.1. The van der Waals surface area contributed by atoms with Crippen LogP contribution < -0.4 is 5.32 Å². The molecule has 1 aromatic heterocycles. The van der Waals surface area contributed by atoms with Crippen molar-refractivity contribution in [2.75, 3.05) is 33.2 Å². The standard InChI is InChI=1S/C18H35N7/c1-6-8-11-19-18(20-13-17-22-21-15(3)24(17)5)23(4)14-16-10-9-12-25(16)7-2/h16H,6-14H2,1-5H3,(H,19,20). The number of unbranched alkanes of at least 4 members (excludes halogenated alkanes) is 1. The SMILES string of the molecule is CCCCNC(=NCc1nnc(C)n1C)N(C)CC1CCCN1CC. The Balaban J connectivity index is 2.02. The van der Waals surface area contributed by atoms with E-state index in [0.717, 1.165) is 43.7 Å². The van der Waals surface area contributed by atoms with Gasteiger partial charge in [0.2, 0.25) is 0 Å². The van der Waals surface area contributed by atoms with Crippen LogP contribution in [0.2, 0.25) is 0 Å². The molecule has 25 heavy (non-hydrogen) atoms. The lowest BCUT2D eigenvalue weighted by atomic mass is 10.2. The second-order valence-electron chi connectivity index (χ2n) is 6.95. The van der Waals surface area contributed by atoms with Crippen LogP contribution in [0.1, 0.15) is 51.2 Å². The average Bonchev–Trinajstić information content (AvgIpc) is 3.18. The van der Waals surface area contributed by atoms with E-state index in [1.54, 1.807) is 0 Å². The van der Waals surface area contributed by atoms with Crippen LogP contribution in [-0.2, 0) is 13.6 Å². The molecule has 7 heteroatoms. The van der Waals surface area contributed by atoms with E-state index in [-0.39, 0.29) is 0 Å². The molecule has 0 radical (unpaired) electrons. The zero-order valence-corrected chi connectivity index (χ0v) is 16.6. The van der Waals surface area contributed by atoms with Crippen molar-refractivity contribution in [2.45, 2.75) is 59.0 Å². The zero-order chi connectivity index (χ0) is 18.2. The molecule has 1 N–H and O–H groups in total. The largest absolute Gasteiger partial charge is 0.356 e. The minimum Gasteiger partial charge on any atom is -0.356 e. The van der Waals surface area contributed by atoms with Gasteiger partial charge in [-0.1, -0.05) is 20.3 Å². The molecule has 1 saturated heterocycles. The highest BCUT2D eigenvalue weighted by Crippen LogP contribution is 2.17. The van der Waals surface area contributed by atoms with Crippen molar-refractivity contribution in [1.29, 1.82) is 0 Å². The van der Waals surface area contributed by atoms with Crippen LogP contribution in [0.4, 0.5) is 0 Å². The van der Waals surface area contributed by atoms with Gasteiger partial charge in [-0.15, -0.1) is 10.2 Å². The monoisotopic (exact) mass is 349 g/mol. The van der Waals surface area contributed by atoms with Gasteiger partial charge >= 0.3 is 0 Å². The zero-order valence-electron chi connectivity index (χ0n) is 16.6. The molecule has 1 aliphatic rings. The predicted molar refractivity (Wildman–Crippen MR) is 103 cm³/mol. The van der Waals surface area contributed by atoms with Crippen LogP contribution in [0, 0.1) is 6.92 Å². The molecule has 1 fully saturated rings. The fourth-order valence-electron chi connectivity index (χ4n) is 3.34. The summed E-state index contributed by atoms with van der Waals surface area (Å²) in [6.07, 6.45) is 4.92. The Hall–Kier alpha value is -1.63. The molecule has 7 nitrogen and oxygen atoms in total. The van der Waals surface area contributed by atoms with Crippen LogP contribution in [-0.4, -0.2) is 69.8 Å². The van der Waals surface area contributed by atoms with Crippen molar-refractivity contribution in [3.63, 3.8) is 0 Å². The number of guanidine groups is 1. The highest BCUT2D eigenvalue weighted by molar-refractivity contribution is 5.79. The molecule has 0 amide bonds. The lowest BCUT2D eigenvalue weighted by Crippen LogP contribution is -2.46. The molecule has 0 spiro atoms. The quantitative estimate of drug-likeness (QED) is 0.440. The van der Waals surface area contributed by atoms with Crippen molar-refractivity contribution in [3.8, 4) is 0 Å². The summed E-state index contributed by atoms with van der Waals surface area (Å²) < 4.78 is 2.00. The molecular formula is C18H35N7. The molecule has 1 atom stereocenters. The second-order valence-corrected chi connectivity index (χ2v) is 6.95. The van der Waals surface area contributed by atoms with E-state index in [0.29, 0.717) is 12.6 Å². The van der Waals surface area contributed by atoms with E-state index in [2.05, 4.69) is 46.2 Å². The minimum absolute atomic E-state index is 0.554. The van der Waals surface area contributed by atoms with E-state index in [4.69, 9.17) is 4.99 Å². The van der Waals surface area contributed by atoms with Crippen LogP contribution in [0.5, 0.6) is 0 Å². The van der Waals surface area contributed by atoms with Gasteiger partial charge in [0, 0.05) is 33.2 Å². The lowest BCUT2D eigenvalue weighted by molar-refractivity contribution is 0.232. The highest BCUT2D eigenvalue weighted by Gasteiger charge is 2.25. The van der Waals surface area contributed by atoms with Gasteiger partial charge in [-0.25, -0.2) is 4.99 Å². The molecule has 2 rings (SSSR count). The predicted octanol–water partition coefficient (Wildman–Crippen LogP) is 1.79. The first kappa shape index (κ1) is 19.7. The van der Waals surface area contributed by atoms with Gasteiger partial charge in [0.25, 0.3) is 0 Å². The van der Waals surface area contributed by atoms with Gasteiger partial charge in [-0.3, -0.25) is 4.90 Å². The van der Waals surface area contributed by atoms with E-state index in [9.17, 15) is 0 Å². The molecule has 142 valence electrons. The number of aliphatic imine (C=N–C) groups is 1. The number of nitrogens with zero attached hydrogens (tertiary/aromatic N) is 6. The maximum atomic E-state index is 4.82. The van der Waals surface area contributed by atoms with Crippen molar-refractivity contribution in [3.05, 3.63) is 11.6 Å². The third kappa shape index (κ3) is 5.42. The molecule has 1 aromatic rings. The Kier molecular flexibility index (Phi) is 7.68. The van der Waals surface area contributed by atoms with Gasteiger partial charge in [-0.2, -0.15) is 0 Å². The van der Waals surface area contributed by atoms with Gasteiger partial charge in [0.05, 0.1) is 0 Å². The van der Waals surface area contributed by atoms with E-state index >= 15 is 0 Å². The van der Waals surface area contributed by atoms with Gasteiger partial charge in [0.15, 0.2) is 11.8 Å². The molecule has 1 unspecified atom stereocenters. The number of hydrogen-bond acceptors (Lipinski definition) is 4. The fourth-order valence-corrected chi connectivity index (χ4v) is 3.34. The second kappa shape index (κ2) is 9.75. The maximum absolute atomic E-state index is 4.82. The smallest absolute Gasteiger partial charge is 0.194 e. The number of aryl methyl sites for hydroxylation is 1. The summed E-state index contributed by atoms with van der Waals surface area (Å²) in [5, 5.41) is 11.9. The summed E-state index contributed by atoms with van der Waals surface area (Å²) in [6, 6.07) is 0.630. The van der Waals surface area contributed by atoms with Crippen LogP contribution in [0.3, 0.4) is 0 Å². The summed E-state index contributed by atoms with van der Waals surface area (Å²) in [5.74, 6) is 2.79. The van der Waals surface area contributed by atoms with Crippen molar-refractivity contribution >= 4 is 5.96 Å². The van der Waals surface area contributed by atoms with Crippen molar-refractivity contribution in [1.82, 2.24) is 29.9 Å². The molecule has 0 aromatic carbocycles. The topological polar surface area (TPSA) is 61.6 Å². The highest BCUT2D eigenvalue weighted by atomic mass is 15.3. The van der Waals surface area contributed by atoms with Gasteiger partial charge in [-0.05, 0) is 39.3 Å². The summed E-state index contributed by atoms with van der Waals surface area (Å²) in [6.45, 7) is 11.3. The first-order valence-electron chi connectivity index (χ1n) is 9.65. The van der Waals surface area contributed by atoms with Gasteiger partial charge < -0.3 is 14.8 Å². The Labute approximate surface area is 152 Å². The van der Waals surface area contributed by atoms with E-state index < -0.39 is 0 Å². The third-order valence-electron chi connectivity index (χ3n) is 5.12. The first-order valence-corrected chi connectivity index (χ1v) is 9.65. The van der Waals surface area contributed by atoms with E-state index in [1.165, 1.54) is 25.8 Å². The van der Waals surface area contributed by atoms with Gasteiger partial charge in [0.1, 0.15) is 12.4 Å². The molecule has 2 heterocycles. The number of rotatable bonds is 8. The number of hydrogen-bond donors (Lipinski definition) is 1.